The van der Waals surface area contributed by atoms with Gasteiger partial charge in [-0.15, -0.1) is 0 Å². The lowest BCUT2D eigenvalue weighted by Gasteiger charge is -2.19. The topological polar surface area (TPSA) is 9.23 Å². The van der Waals surface area contributed by atoms with Crippen LogP contribution in [0.4, 0.5) is 4.39 Å². The van der Waals surface area contributed by atoms with E-state index in [1.165, 1.54) is 17.7 Å². The lowest BCUT2D eigenvalue weighted by Crippen LogP contribution is -2.10. The van der Waals surface area contributed by atoms with Gasteiger partial charge >= 0.3 is 0 Å². The van der Waals surface area contributed by atoms with E-state index in [-0.39, 0.29) is 10.4 Å². The maximum Gasteiger partial charge on any atom is 0.145 e. The molecule has 2 aromatic carbocycles. The first kappa shape index (κ1) is 13.9. The van der Waals surface area contributed by atoms with Crippen molar-refractivity contribution in [2.45, 2.75) is 26.2 Å². The number of rotatable bonds is 2. The molecule has 19 heavy (non-hydrogen) atoms. The van der Waals surface area contributed by atoms with E-state index < -0.39 is 5.82 Å². The van der Waals surface area contributed by atoms with E-state index in [1.807, 2.05) is 24.3 Å². The predicted molar refractivity (Wildman–Crippen MR) is 76.6 cm³/mol. The van der Waals surface area contributed by atoms with Crippen LogP contribution in [0.2, 0.25) is 5.02 Å². The summed E-state index contributed by atoms with van der Waals surface area (Å²) in [6.45, 7) is 6.45. The Labute approximate surface area is 118 Å². The molecule has 0 saturated heterocycles. The fourth-order valence-electron chi connectivity index (χ4n) is 1.70. The molecule has 100 valence electrons. The van der Waals surface area contributed by atoms with Gasteiger partial charge in [0.2, 0.25) is 0 Å². The average molecular weight is 279 g/mol. The Morgan fingerprint density at radius 2 is 1.53 bits per heavy atom. The van der Waals surface area contributed by atoms with E-state index in [0.717, 1.165) is 0 Å². The molecule has 0 saturated carbocycles. The van der Waals surface area contributed by atoms with Gasteiger partial charge in [-0.25, -0.2) is 4.39 Å². The Bertz CT molecular complexity index is 570. The first-order chi connectivity index (χ1) is 8.86. The molecule has 0 heterocycles. The van der Waals surface area contributed by atoms with E-state index in [0.29, 0.717) is 11.5 Å². The van der Waals surface area contributed by atoms with Crippen molar-refractivity contribution in [1.82, 2.24) is 0 Å². The smallest absolute Gasteiger partial charge is 0.145 e. The molecule has 2 aromatic rings. The monoisotopic (exact) mass is 278 g/mol. The quantitative estimate of drug-likeness (QED) is 0.698. The number of benzene rings is 2. The minimum absolute atomic E-state index is 0.0930. The highest BCUT2D eigenvalue weighted by molar-refractivity contribution is 6.30. The minimum atomic E-state index is -0.481. The lowest BCUT2D eigenvalue weighted by atomic mass is 9.87. The number of hydrogen-bond acceptors (Lipinski definition) is 1. The third-order valence-corrected chi connectivity index (χ3v) is 3.15. The zero-order valence-electron chi connectivity index (χ0n) is 11.2. The van der Waals surface area contributed by atoms with Crippen LogP contribution in [0, 0.1) is 5.82 Å². The van der Waals surface area contributed by atoms with Crippen molar-refractivity contribution in [1.29, 1.82) is 0 Å². The van der Waals surface area contributed by atoms with Crippen molar-refractivity contribution in [3.8, 4) is 11.5 Å². The highest BCUT2D eigenvalue weighted by Crippen LogP contribution is 2.28. The molecule has 0 bridgehead atoms. The van der Waals surface area contributed by atoms with Crippen LogP contribution in [-0.2, 0) is 5.41 Å². The van der Waals surface area contributed by atoms with Crippen molar-refractivity contribution >= 4 is 11.6 Å². The van der Waals surface area contributed by atoms with Gasteiger partial charge < -0.3 is 4.74 Å². The predicted octanol–water partition coefficient (Wildman–Crippen LogP) is 5.57. The van der Waals surface area contributed by atoms with Crippen molar-refractivity contribution < 1.29 is 9.13 Å². The number of hydrogen-bond donors (Lipinski definition) is 0. The van der Waals surface area contributed by atoms with Gasteiger partial charge in [0, 0.05) is 6.07 Å². The molecule has 0 aliphatic heterocycles. The summed E-state index contributed by atoms with van der Waals surface area (Å²) in [6.07, 6.45) is 0. The normalized spacial score (nSPS) is 11.4. The number of halogens is 2. The van der Waals surface area contributed by atoms with Gasteiger partial charge in [0.25, 0.3) is 0 Å². The summed E-state index contributed by atoms with van der Waals surface area (Å²) in [4.78, 5) is 0. The van der Waals surface area contributed by atoms with Crippen LogP contribution in [-0.4, -0.2) is 0 Å². The van der Waals surface area contributed by atoms with Crippen LogP contribution in [0.25, 0.3) is 0 Å². The summed E-state index contributed by atoms with van der Waals surface area (Å²) in [5.74, 6) is 0.630. The zero-order valence-corrected chi connectivity index (χ0v) is 12.0. The van der Waals surface area contributed by atoms with Crippen molar-refractivity contribution in [2.24, 2.45) is 0 Å². The molecule has 0 aliphatic rings. The maximum atomic E-state index is 13.3. The first-order valence-electron chi connectivity index (χ1n) is 6.10. The fourth-order valence-corrected chi connectivity index (χ4v) is 1.82. The van der Waals surface area contributed by atoms with Crippen molar-refractivity contribution in [3.63, 3.8) is 0 Å². The summed E-state index contributed by atoms with van der Waals surface area (Å²) >= 11 is 5.62. The number of ether oxygens (including phenoxy) is 1. The summed E-state index contributed by atoms with van der Waals surface area (Å²) < 4.78 is 18.9. The van der Waals surface area contributed by atoms with Crippen LogP contribution in [0.3, 0.4) is 0 Å². The van der Waals surface area contributed by atoms with Crippen LogP contribution in [0.5, 0.6) is 11.5 Å². The summed E-state index contributed by atoms with van der Waals surface area (Å²) in [5, 5.41) is 0.0930. The van der Waals surface area contributed by atoms with E-state index in [1.54, 1.807) is 6.07 Å². The molecule has 0 atom stereocenters. The van der Waals surface area contributed by atoms with Gasteiger partial charge in [0.15, 0.2) is 0 Å². The Morgan fingerprint density at radius 3 is 2.05 bits per heavy atom. The molecule has 0 fully saturated rings. The minimum Gasteiger partial charge on any atom is -0.457 e. The largest absolute Gasteiger partial charge is 0.457 e. The highest BCUT2D eigenvalue weighted by Gasteiger charge is 2.13. The zero-order chi connectivity index (χ0) is 14.0. The molecule has 1 nitrogen and oxygen atoms in total. The second-order valence-electron chi connectivity index (χ2n) is 5.45. The molecule has 0 aliphatic carbocycles. The maximum absolute atomic E-state index is 13.3. The Kier molecular flexibility index (Phi) is 3.81. The van der Waals surface area contributed by atoms with Gasteiger partial charge in [-0.1, -0.05) is 44.5 Å². The first-order valence-corrected chi connectivity index (χ1v) is 6.47. The molecule has 3 heteroatoms. The molecule has 0 aromatic heterocycles. The van der Waals surface area contributed by atoms with Crippen LogP contribution in [0.1, 0.15) is 26.3 Å². The standard InChI is InChI=1S/C16H16ClFO/c1-16(2,3)11-4-6-12(7-5-11)19-13-8-9-14(17)15(18)10-13/h4-10H,1-3H3. The van der Waals surface area contributed by atoms with Gasteiger partial charge in [-0.3, -0.25) is 0 Å². The Balaban J connectivity index is 2.17. The summed E-state index contributed by atoms with van der Waals surface area (Å²) in [7, 11) is 0. The molecule has 2 rings (SSSR count). The van der Waals surface area contributed by atoms with Crippen LogP contribution >= 0.6 is 11.6 Å². The molecule has 0 unspecified atom stereocenters. The summed E-state index contributed by atoms with van der Waals surface area (Å²) in [6, 6.07) is 12.2. The second-order valence-corrected chi connectivity index (χ2v) is 5.86. The van der Waals surface area contributed by atoms with Crippen LogP contribution < -0.4 is 4.74 Å². The SMILES string of the molecule is CC(C)(C)c1ccc(Oc2ccc(Cl)c(F)c2)cc1. The van der Waals surface area contributed by atoms with Gasteiger partial charge in [0.05, 0.1) is 5.02 Å². The molecule has 0 radical (unpaired) electrons. The van der Waals surface area contributed by atoms with Crippen LogP contribution in [0.15, 0.2) is 42.5 Å². The third-order valence-electron chi connectivity index (χ3n) is 2.85. The van der Waals surface area contributed by atoms with E-state index in [4.69, 9.17) is 16.3 Å². The average Bonchev–Trinajstić information content (AvgIpc) is 2.33. The Hall–Kier alpha value is -1.54. The van der Waals surface area contributed by atoms with Gasteiger partial charge in [0.1, 0.15) is 17.3 Å². The lowest BCUT2D eigenvalue weighted by molar-refractivity contribution is 0.475. The molecule has 0 amide bonds. The fraction of sp³-hybridized carbons (Fsp3) is 0.250. The van der Waals surface area contributed by atoms with Gasteiger partial charge in [-0.2, -0.15) is 0 Å². The van der Waals surface area contributed by atoms with Crippen molar-refractivity contribution in [3.05, 3.63) is 58.9 Å². The Morgan fingerprint density at radius 1 is 0.947 bits per heavy atom. The second kappa shape index (κ2) is 5.22. The molecular formula is C16H16ClFO. The van der Waals surface area contributed by atoms with E-state index in [9.17, 15) is 4.39 Å². The molecular weight excluding hydrogens is 263 g/mol. The summed E-state index contributed by atoms with van der Waals surface area (Å²) in [5.41, 5.74) is 1.33. The van der Waals surface area contributed by atoms with Crippen molar-refractivity contribution in [2.75, 3.05) is 0 Å². The van der Waals surface area contributed by atoms with Gasteiger partial charge in [-0.05, 0) is 35.2 Å². The van der Waals surface area contributed by atoms with E-state index in [2.05, 4.69) is 20.8 Å². The third kappa shape index (κ3) is 3.48. The van der Waals surface area contributed by atoms with E-state index >= 15 is 0 Å². The molecule has 0 spiro atoms. The molecule has 0 N–H and O–H groups in total. The highest BCUT2D eigenvalue weighted by atomic mass is 35.5.